The van der Waals surface area contributed by atoms with Crippen molar-refractivity contribution in [2.45, 2.75) is 13.3 Å². The average Bonchev–Trinajstić information content (AvgIpc) is 2.87. The average molecular weight is 287 g/mol. The van der Waals surface area contributed by atoms with Crippen LogP contribution in [0.3, 0.4) is 0 Å². The van der Waals surface area contributed by atoms with Gasteiger partial charge < -0.3 is 14.4 Å². The Bertz CT molecular complexity index is 673. The molecule has 0 aliphatic carbocycles. The molecule has 1 aromatic heterocycles. The van der Waals surface area contributed by atoms with Crippen molar-refractivity contribution in [3.63, 3.8) is 0 Å². The summed E-state index contributed by atoms with van der Waals surface area (Å²) in [4.78, 5) is 23.4. The molecule has 5 nitrogen and oxygen atoms in total. The molecule has 0 aliphatic rings. The SMILES string of the molecule is CCCOc1cccc(C(=O)c2cc(C(=O)O)n(C)c2)c1. The maximum absolute atomic E-state index is 12.4. The Morgan fingerprint density at radius 2 is 2.00 bits per heavy atom. The molecule has 0 saturated carbocycles. The van der Waals surface area contributed by atoms with Crippen LogP contribution < -0.4 is 4.74 Å². The lowest BCUT2D eigenvalue weighted by molar-refractivity contribution is 0.0686. The smallest absolute Gasteiger partial charge is 0.352 e. The molecular formula is C16H17NO4. The van der Waals surface area contributed by atoms with Gasteiger partial charge in [-0.15, -0.1) is 0 Å². The predicted octanol–water partition coefficient (Wildman–Crippen LogP) is 2.74. The summed E-state index contributed by atoms with van der Waals surface area (Å²) >= 11 is 0. The zero-order valence-corrected chi connectivity index (χ0v) is 12.0. The number of ketones is 1. The van der Waals surface area contributed by atoms with Gasteiger partial charge in [-0.25, -0.2) is 4.79 Å². The fourth-order valence-electron chi connectivity index (χ4n) is 2.02. The first-order chi connectivity index (χ1) is 10.0. The van der Waals surface area contributed by atoms with Gasteiger partial charge in [-0.2, -0.15) is 0 Å². The Labute approximate surface area is 122 Å². The van der Waals surface area contributed by atoms with Crippen molar-refractivity contribution in [3.8, 4) is 5.75 Å². The third-order valence-electron chi connectivity index (χ3n) is 3.06. The standard InChI is InChI=1S/C16H17NO4/c1-3-7-21-13-6-4-5-11(8-13)15(18)12-9-14(16(19)20)17(2)10-12/h4-6,8-10H,3,7H2,1-2H3,(H,19,20). The fraction of sp³-hybridized carbons (Fsp3) is 0.250. The summed E-state index contributed by atoms with van der Waals surface area (Å²) in [6.07, 6.45) is 2.41. The molecule has 0 spiro atoms. The molecule has 1 heterocycles. The lowest BCUT2D eigenvalue weighted by atomic mass is 10.1. The summed E-state index contributed by atoms with van der Waals surface area (Å²) < 4.78 is 6.92. The van der Waals surface area contributed by atoms with E-state index in [0.29, 0.717) is 23.5 Å². The van der Waals surface area contributed by atoms with Crippen LogP contribution in [0.25, 0.3) is 0 Å². The number of hydrogen-bond acceptors (Lipinski definition) is 3. The molecule has 2 rings (SSSR count). The minimum Gasteiger partial charge on any atom is -0.494 e. The van der Waals surface area contributed by atoms with Gasteiger partial charge in [-0.3, -0.25) is 4.79 Å². The van der Waals surface area contributed by atoms with Crippen LogP contribution >= 0.6 is 0 Å². The quantitative estimate of drug-likeness (QED) is 0.829. The molecule has 110 valence electrons. The number of nitrogens with zero attached hydrogens (tertiary/aromatic N) is 1. The lowest BCUT2D eigenvalue weighted by Gasteiger charge is -2.05. The van der Waals surface area contributed by atoms with Gasteiger partial charge in [-0.05, 0) is 24.6 Å². The van der Waals surface area contributed by atoms with Gasteiger partial charge in [0.1, 0.15) is 11.4 Å². The van der Waals surface area contributed by atoms with Crippen LogP contribution in [0.1, 0.15) is 39.8 Å². The van der Waals surface area contributed by atoms with Gasteiger partial charge in [0.15, 0.2) is 5.78 Å². The molecule has 0 amide bonds. The first-order valence-electron chi connectivity index (χ1n) is 6.70. The second kappa shape index (κ2) is 6.26. The van der Waals surface area contributed by atoms with E-state index in [1.807, 2.05) is 6.92 Å². The van der Waals surface area contributed by atoms with E-state index in [-0.39, 0.29) is 11.5 Å². The summed E-state index contributed by atoms with van der Waals surface area (Å²) in [5, 5.41) is 9.02. The Balaban J connectivity index is 2.27. The van der Waals surface area contributed by atoms with Crippen molar-refractivity contribution in [2.75, 3.05) is 6.61 Å². The molecule has 5 heteroatoms. The van der Waals surface area contributed by atoms with E-state index in [1.54, 1.807) is 31.3 Å². The summed E-state index contributed by atoms with van der Waals surface area (Å²) in [7, 11) is 1.60. The maximum Gasteiger partial charge on any atom is 0.352 e. The number of rotatable bonds is 6. The highest BCUT2D eigenvalue weighted by molar-refractivity contribution is 6.10. The van der Waals surface area contributed by atoms with Crippen LogP contribution in [-0.4, -0.2) is 28.0 Å². The van der Waals surface area contributed by atoms with Crippen molar-refractivity contribution in [3.05, 3.63) is 53.3 Å². The van der Waals surface area contributed by atoms with Crippen molar-refractivity contribution >= 4 is 11.8 Å². The second-order valence-electron chi connectivity index (χ2n) is 4.74. The highest BCUT2D eigenvalue weighted by atomic mass is 16.5. The van der Waals surface area contributed by atoms with Crippen LogP contribution in [0.2, 0.25) is 0 Å². The summed E-state index contributed by atoms with van der Waals surface area (Å²) in [5.74, 6) is -0.645. The molecular weight excluding hydrogens is 270 g/mol. The lowest BCUT2D eigenvalue weighted by Crippen LogP contribution is -2.02. The van der Waals surface area contributed by atoms with Crippen molar-refractivity contribution in [1.29, 1.82) is 0 Å². The molecule has 2 aromatic rings. The number of carboxylic acid groups (broad SMARTS) is 1. The molecule has 0 aliphatic heterocycles. The van der Waals surface area contributed by atoms with Crippen LogP contribution in [0, 0.1) is 0 Å². The summed E-state index contributed by atoms with van der Waals surface area (Å²) in [6.45, 7) is 2.60. The number of ether oxygens (including phenoxy) is 1. The van der Waals surface area contributed by atoms with E-state index >= 15 is 0 Å². The molecule has 0 bridgehead atoms. The largest absolute Gasteiger partial charge is 0.494 e. The van der Waals surface area contributed by atoms with Gasteiger partial charge in [-0.1, -0.05) is 19.1 Å². The first kappa shape index (κ1) is 14.8. The van der Waals surface area contributed by atoms with E-state index < -0.39 is 5.97 Å². The molecule has 1 N–H and O–H groups in total. The minimum absolute atomic E-state index is 0.0803. The highest BCUT2D eigenvalue weighted by Gasteiger charge is 2.16. The van der Waals surface area contributed by atoms with Crippen molar-refractivity contribution < 1.29 is 19.4 Å². The first-order valence-corrected chi connectivity index (χ1v) is 6.70. The number of carbonyl (C=O) groups is 2. The third-order valence-corrected chi connectivity index (χ3v) is 3.06. The van der Waals surface area contributed by atoms with Gasteiger partial charge in [0, 0.05) is 24.4 Å². The number of aryl methyl sites for hydroxylation is 1. The van der Waals surface area contributed by atoms with Crippen LogP contribution in [0.15, 0.2) is 36.5 Å². The van der Waals surface area contributed by atoms with Gasteiger partial charge in [0.2, 0.25) is 0 Å². The molecule has 0 saturated heterocycles. The Morgan fingerprint density at radius 3 is 2.62 bits per heavy atom. The maximum atomic E-state index is 12.4. The second-order valence-corrected chi connectivity index (χ2v) is 4.74. The third kappa shape index (κ3) is 3.31. The van der Waals surface area contributed by atoms with E-state index in [0.717, 1.165) is 6.42 Å². The van der Waals surface area contributed by atoms with E-state index in [2.05, 4.69) is 0 Å². The van der Waals surface area contributed by atoms with Crippen LogP contribution in [0.4, 0.5) is 0 Å². The summed E-state index contributed by atoms with van der Waals surface area (Å²) in [6, 6.07) is 8.28. The monoisotopic (exact) mass is 287 g/mol. The Kier molecular flexibility index (Phi) is 4.42. The highest BCUT2D eigenvalue weighted by Crippen LogP contribution is 2.18. The number of benzene rings is 1. The molecule has 0 fully saturated rings. The zero-order chi connectivity index (χ0) is 15.4. The summed E-state index contributed by atoms with van der Waals surface area (Å²) in [5.41, 5.74) is 0.908. The van der Waals surface area contributed by atoms with Gasteiger partial charge in [0.25, 0.3) is 0 Å². The number of carbonyl (C=O) groups excluding carboxylic acids is 1. The Hall–Kier alpha value is -2.56. The van der Waals surface area contributed by atoms with Crippen molar-refractivity contribution in [2.24, 2.45) is 7.05 Å². The minimum atomic E-state index is -1.06. The Morgan fingerprint density at radius 1 is 1.24 bits per heavy atom. The number of aromatic nitrogens is 1. The number of aromatic carboxylic acids is 1. The number of hydrogen-bond donors (Lipinski definition) is 1. The molecule has 0 unspecified atom stereocenters. The molecule has 0 radical (unpaired) electrons. The normalized spacial score (nSPS) is 10.4. The van der Waals surface area contributed by atoms with Crippen LogP contribution in [-0.2, 0) is 7.05 Å². The van der Waals surface area contributed by atoms with E-state index in [4.69, 9.17) is 9.84 Å². The number of carboxylic acids is 1. The van der Waals surface area contributed by atoms with E-state index in [9.17, 15) is 9.59 Å². The molecule has 21 heavy (non-hydrogen) atoms. The predicted molar refractivity (Wildman–Crippen MR) is 78.0 cm³/mol. The van der Waals surface area contributed by atoms with Crippen LogP contribution in [0.5, 0.6) is 5.75 Å². The van der Waals surface area contributed by atoms with Gasteiger partial charge in [0.05, 0.1) is 6.61 Å². The molecule has 0 atom stereocenters. The van der Waals surface area contributed by atoms with E-state index in [1.165, 1.54) is 16.8 Å². The molecule has 1 aromatic carbocycles. The topological polar surface area (TPSA) is 68.5 Å². The van der Waals surface area contributed by atoms with Crippen molar-refractivity contribution in [1.82, 2.24) is 4.57 Å². The van der Waals surface area contributed by atoms with Gasteiger partial charge >= 0.3 is 5.97 Å². The fourth-order valence-corrected chi connectivity index (χ4v) is 2.02. The zero-order valence-electron chi connectivity index (χ0n) is 12.0.